The lowest BCUT2D eigenvalue weighted by atomic mass is 10.1. The number of methoxy groups -OCH3 is 2. The minimum absolute atomic E-state index is 0.154. The van der Waals surface area contributed by atoms with Crippen molar-refractivity contribution in [1.82, 2.24) is 14.5 Å². The summed E-state index contributed by atoms with van der Waals surface area (Å²) in [6.07, 6.45) is 1.46. The molecule has 0 aliphatic rings. The van der Waals surface area contributed by atoms with E-state index in [0.717, 1.165) is 5.56 Å². The first-order valence-electron chi connectivity index (χ1n) is 6.89. The van der Waals surface area contributed by atoms with Gasteiger partial charge in [-0.05, 0) is 24.3 Å². The average molecular weight is 312 g/mol. The summed E-state index contributed by atoms with van der Waals surface area (Å²) in [4.78, 5) is 20.7. The molecule has 23 heavy (non-hydrogen) atoms. The Bertz CT molecular complexity index is 950. The summed E-state index contributed by atoms with van der Waals surface area (Å²) in [6.45, 7) is 0. The molecule has 1 aromatic carbocycles. The van der Waals surface area contributed by atoms with Gasteiger partial charge in [0.15, 0.2) is 11.5 Å². The molecule has 0 spiro atoms. The smallest absolute Gasteiger partial charge is 0.264 e. The Morgan fingerprint density at radius 1 is 1.13 bits per heavy atom. The highest BCUT2D eigenvalue weighted by atomic mass is 16.5. The van der Waals surface area contributed by atoms with Crippen LogP contribution in [0.15, 0.2) is 35.4 Å². The number of aryl methyl sites for hydroxylation is 1. The molecule has 2 N–H and O–H groups in total. The monoisotopic (exact) mass is 312 g/mol. The van der Waals surface area contributed by atoms with E-state index >= 15 is 0 Å². The molecule has 0 aliphatic carbocycles. The molecule has 118 valence electrons. The van der Waals surface area contributed by atoms with E-state index in [0.29, 0.717) is 28.1 Å². The Morgan fingerprint density at radius 2 is 1.87 bits per heavy atom. The lowest BCUT2D eigenvalue weighted by Crippen LogP contribution is -2.18. The summed E-state index contributed by atoms with van der Waals surface area (Å²) in [5.74, 6) is 1.36. The van der Waals surface area contributed by atoms with Crippen LogP contribution in [0.25, 0.3) is 22.2 Å². The molecule has 2 aromatic heterocycles. The number of fused-ring (bicyclic) bond motifs is 1. The maximum atomic E-state index is 12.1. The van der Waals surface area contributed by atoms with Crippen LogP contribution in [0.2, 0.25) is 0 Å². The van der Waals surface area contributed by atoms with Crippen LogP contribution in [0.1, 0.15) is 0 Å². The van der Waals surface area contributed by atoms with Gasteiger partial charge in [0, 0.05) is 12.6 Å². The molecule has 3 rings (SSSR count). The zero-order valence-corrected chi connectivity index (χ0v) is 13.0. The Kier molecular flexibility index (Phi) is 3.61. The Labute approximate surface area is 132 Å². The van der Waals surface area contributed by atoms with E-state index in [-0.39, 0.29) is 11.4 Å². The topological polar surface area (TPSA) is 92.3 Å². The van der Waals surface area contributed by atoms with Crippen LogP contribution in [-0.2, 0) is 7.05 Å². The Hall–Kier alpha value is -3.09. The number of nitrogens with two attached hydrogens (primary N) is 1. The summed E-state index contributed by atoms with van der Waals surface area (Å²) in [6, 6.07) is 7.16. The zero-order valence-electron chi connectivity index (χ0n) is 13.0. The van der Waals surface area contributed by atoms with Crippen molar-refractivity contribution in [2.75, 3.05) is 20.0 Å². The highest BCUT2D eigenvalue weighted by molar-refractivity contribution is 5.90. The molecule has 0 aliphatic heterocycles. The van der Waals surface area contributed by atoms with Gasteiger partial charge in [-0.25, -0.2) is 9.97 Å². The summed E-state index contributed by atoms with van der Waals surface area (Å²) in [7, 11) is 4.76. The van der Waals surface area contributed by atoms with Crippen LogP contribution in [0.5, 0.6) is 11.5 Å². The van der Waals surface area contributed by atoms with E-state index in [1.54, 1.807) is 39.5 Å². The van der Waals surface area contributed by atoms with Crippen molar-refractivity contribution in [3.63, 3.8) is 0 Å². The number of hydrogen-bond acceptors (Lipinski definition) is 6. The number of rotatable bonds is 3. The predicted molar refractivity (Wildman–Crippen MR) is 87.7 cm³/mol. The number of nitrogens with zero attached hydrogens (tertiary/aromatic N) is 3. The molecular weight excluding hydrogens is 296 g/mol. The number of ether oxygens (including phenoxy) is 2. The van der Waals surface area contributed by atoms with Crippen LogP contribution in [0, 0.1) is 0 Å². The number of aromatic nitrogens is 3. The minimum atomic E-state index is -0.223. The number of anilines is 1. The lowest BCUT2D eigenvalue weighted by Gasteiger charge is -2.10. The van der Waals surface area contributed by atoms with Gasteiger partial charge in [0.25, 0.3) is 5.56 Å². The summed E-state index contributed by atoms with van der Waals surface area (Å²) in [5, 5.41) is 0.319. The molecule has 0 atom stereocenters. The molecule has 0 saturated heterocycles. The molecule has 0 fully saturated rings. The maximum Gasteiger partial charge on any atom is 0.264 e. The van der Waals surface area contributed by atoms with Gasteiger partial charge in [-0.3, -0.25) is 4.79 Å². The largest absolute Gasteiger partial charge is 0.493 e. The minimum Gasteiger partial charge on any atom is -0.493 e. The van der Waals surface area contributed by atoms with Crippen molar-refractivity contribution >= 4 is 16.7 Å². The highest BCUT2D eigenvalue weighted by Gasteiger charge is 2.12. The van der Waals surface area contributed by atoms with Crippen molar-refractivity contribution in [2.45, 2.75) is 0 Å². The fraction of sp³-hybridized carbons (Fsp3) is 0.188. The first-order valence-corrected chi connectivity index (χ1v) is 6.89. The second kappa shape index (κ2) is 5.60. The van der Waals surface area contributed by atoms with Gasteiger partial charge in [0.1, 0.15) is 11.2 Å². The Morgan fingerprint density at radius 3 is 2.57 bits per heavy atom. The summed E-state index contributed by atoms with van der Waals surface area (Å²) in [5.41, 5.74) is 7.65. The van der Waals surface area contributed by atoms with Gasteiger partial charge >= 0.3 is 0 Å². The summed E-state index contributed by atoms with van der Waals surface area (Å²) < 4.78 is 11.9. The molecule has 0 amide bonds. The standard InChI is InChI=1S/C16H16N4O3/c1-20-8-18-11-7-10(19-15(17)14(11)16(20)21)9-4-5-12(22-2)13(6-9)23-3/h4-8H,1-3H3,(H2,17,19). The summed E-state index contributed by atoms with van der Waals surface area (Å²) >= 11 is 0. The molecule has 0 radical (unpaired) electrons. The van der Waals surface area contributed by atoms with Gasteiger partial charge < -0.3 is 19.8 Å². The molecule has 0 bridgehead atoms. The second-order valence-electron chi connectivity index (χ2n) is 5.02. The van der Waals surface area contributed by atoms with E-state index < -0.39 is 0 Å². The second-order valence-corrected chi connectivity index (χ2v) is 5.02. The third kappa shape index (κ3) is 2.46. The molecule has 7 nitrogen and oxygen atoms in total. The van der Waals surface area contributed by atoms with Gasteiger partial charge in [-0.15, -0.1) is 0 Å². The molecule has 2 heterocycles. The quantitative estimate of drug-likeness (QED) is 0.789. The van der Waals surface area contributed by atoms with E-state index in [2.05, 4.69) is 9.97 Å². The van der Waals surface area contributed by atoms with Gasteiger partial charge in [-0.1, -0.05) is 0 Å². The normalized spacial score (nSPS) is 10.7. The van der Waals surface area contributed by atoms with Crippen LogP contribution < -0.4 is 20.8 Å². The number of nitrogen functional groups attached to an aromatic ring is 1. The molecule has 3 aromatic rings. The third-order valence-electron chi connectivity index (χ3n) is 3.61. The van der Waals surface area contributed by atoms with Crippen molar-refractivity contribution in [3.8, 4) is 22.8 Å². The maximum absolute atomic E-state index is 12.1. The SMILES string of the molecule is COc1ccc(-c2cc3ncn(C)c(=O)c3c(N)n2)cc1OC. The molecule has 0 saturated carbocycles. The van der Waals surface area contributed by atoms with Crippen molar-refractivity contribution in [3.05, 3.63) is 40.9 Å². The van der Waals surface area contributed by atoms with E-state index in [9.17, 15) is 4.79 Å². The van der Waals surface area contributed by atoms with Gasteiger partial charge in [-0.2, -0.15) is 0 Å². The molecule has 0 unspecified atom stereocenters. The fourth-order valence-electron chi connectivity index (χ4n) is 2.39. The number of pyridine rings is 1. The van der Waals surface area contributed by atoms with Crippen LogP contribution in [0.3, 0.4) is 0 Å². The Balaban J connectivity index is 2.22. The van der Waals surface area contributed by atoms with Crippen LogP contribution >= 0.6 is 0 Å². The fourth-order valence-corrected chi connectivity index (χ4v) is 2.39. The lowest BCUT2D eigenvalue weighted by molar-refractivity contribution is 0.355. The van der Waals surface area contributed by atoms with Crippen LogP contribution in [0.4, 0.5) is 5.82 Å². The first-order chi connectivity index (χ1) is 11.0. The van der Waals surface area contributed by atoms with E-state index in [1.807, 2.05) is 6.07 Å². The van der Waals surface area contributed by atoms with Crippen molar-refractivity contribution < 1.29 is 9.47 Å². The first kappa shape index (κ1) is 14.8. The molecular formula is C16H16N4O3. The predicted octanol–water partition coefficient (Wildman–Crippen LogP) is 1.59. The third-order valence-corrected chi connectivity index (χ3v) is 3.61. The van der Waals surface area contributed by atoms with E-state index in [1.165, 1.54) is 10.9 Å². The van der Waals surface area contributed by atoms with Crippen LogP contribution in [-0.4, -0.2) is 28.8 Å². The number of hydrogen-bond donors (Lipinski definition) is 1. The number of benzene rings is 1. The van der Waals surface area contributed by atoms with Gasteiger partial charge in [0.2, 0.25) is 0 Å². The van der Waals surface area contributed by atoms with Gasteiger partial charge in [0.05, 0.1) is 31.8 Å². The van der Waals surface area contributed by atoms with E-state index in [4.69, 9.17) is 15.2 Å². The average Bonchev–Trinajstić information content (AvgIpc) is 2.57. The highest BCUT2D eigenvalue weighted by Crippen LogP contribution is 2.32. The van der Waals surface area contributed by atoms with Crippen molar-refractivity contribution in [2.24, 2.45) is 7.05 Å². The van der Waals surface area contributed by atoms with Crippen molar-refractivity contribution in [1.29, 1.82) is 0 Å². The molecule has 7 heteroatoms. The zero-order chi connectivity index (χ0) is 16.6.